The molecule has 9 heteroatoms. The molecular weight excluding hydrogens is 426 g/mol. The topological polar surface area (TPSA) is 93.0 Å². The number of ether oxygens (including phenoxy) is 2. The average Bonchev–Trinajstić information content (AvgIpc) is 3.19. The highest BCUT2D eigenvalue weighted by Crippen LogP contribution is 2.34. The van der Waals surface area contributed by atoms with E-state index in [0.717, 1.165) is 31.9 Å². The molecule has 1 unspecified atom stereocenters. The van der Waals surface area contributed by atoms with Gasteiger partial charge in [-0.25, -0.2) is 4.98 Å². The lowest BCUT2D eigenvalue weighted by Crippen LogP contribution is -2.44. The Kier molecular flexibility index (Phi) is 5.59. The summed E-state index contributed by atoms with van der Waals surface area (Å²) in [4.78, 5) is 22.4. The average molecular weight is 452 g/mol. The minimum atomic E-state index is -0.747. The van der Waals surface area contributed by atoms with E-state index in [1.165, 1.54) is 17.0 Å². The third-order valence-corrected chi connectivity index (χ3v) is 6.67. The Bertz CT molecular complexity index is 1110. The highest BCUT2D eigenvalue weighted by Gasteiger charge is 2.31. The number of aromatic nitrogens is 1. The molecule has 32 heavy (non-hydrogen) atoms. The fourth-order valence-electron chi connectivity index (χ4n) is 3.80. The van der Waals surface area contributed by atoms with Gasteiger partial charge >= 0.3 is 0 Å². The van der Waals surface area contributed by atoms with E-state index in [2.05, 4.69) is 39.3 Å². The zero-order chi connectivity index (χ0) is 22.1. The molecule has 1 saturated heterocycles. The van der Waals surface area contributed by atoms with Gasteiger partial charge in [0.25, 0.3) is 0 Å². The number of Topliss-reactive ketones (excluding diaryl/α,β-unsaturated/α-hetero) is 1. The molecule has 1 aromatic heterocycles. The predicted molar refractivity (Wildman–Crippen MR) is 127 cm³/mol. The lowest BCUT2D eigenvalue weighted by molar-refractivity contribution is 0.0590. The van der Waals surface area contributed by atoms with Crippen LogP contribution in [0.3, 0.4) is 0 Å². The number of thiazole rings is 1. The molecule has 2 aliphatic rings. The molecule has 3 aromatic rings. The number of hydrogen-bond donors (Lipinski definition) is 2. The smallest absolute Gasteiger partial charge is 0.220 e. The maximum Gasteiger partial charge on any atom is 0.220 e. The van der Waals surface area contributed by atoms with Crippen molar-refractivity contribution in [2.45, 2.75) is 6.10 Å². The van der Waals surface area contributed by atoms with Gasteiger partial charge in [-0.05, 0) is 43.4 Å². The molecule has 3 heterocycles. The molecule has 1 atom stereocenters. The monoisotopic (exact) mass is 451 g/mol. The van der Waals surface area contributed by atoms with Crippen molar-refractivity contribution in [3.05, 3.63) is 53.4 Å². The number of nitrogens with zero attached hydrogens (tertiary/aromatic N) is 3. The van der Waals surface area contributed by atoms with Gasteiger partial charge in [0.15, 0.2) is 22.7 Å². The molecule has 0 saturated carbocycles. The van der Waals surface area contributed by atoms with E-state index in [-0.39, 0.29) is 18.2 Å². The maximum atomic E-state index is 13.0. The van der Waals surface area contributed by atoms with Crippen molar-refractivity contribution in [3.8, 4) is 11.5 Å². The number of para-hydroxylation sites is 2. The number of anilines is 4. The quantitative estimate of drug-likeness (QED) is 0.571. The predicted octanol–water partition coefficient (Wildman–Crippen LogP) is 3.24. The molecule has 166 valence electrons. The molecule has 1 fully saturated rings. The van der Waals surface area contributed by atoms with E-state index in [0.29, 0.717) is 21.5 Å². The van der Waals surface area contributed by atoms with Crippen molar-refractivity contribution in [1.29, 1.82) is 0 Å². The number of piperazine rings is 1. The van der Waals surface area contributed by atoms with Gasteiger partial charge < -0.3 is 30.3 Å². The second-order valence-corrected chi connectivity index (χ2v) is 8.92. The number of carbonyl (C=O) groups is 1. The van der Waals surface area contributed by atoms with Crippen LogP contribution in [0.5, 0.6) is 11.5 Å². The van der Waals surface area contributed by atoms with Crippen LogP contribution in [-0.4, -0.2) is 61.6 Å². The summed E-state index contributed by atoms with van der Waals surface area (Å²) < 4.78 is 11.5. The molecule has 2 aromatic carbocycles. The number of nitrogen functional groups attached to an aromatic ring is 1. The van der Waals surface area contributed by atoms with Gasteiger partial charge in [0, 0.05) is 37.6 Å². The lowest BCUT2D eigenvalue weighted by atomic mass is 10.2. The Balaban J connectivity index is 1.25. The largest absolute Gasteiger partial charge is 0.485 e. The molecule has 0 bridgehead atoms. The van der Waals surface area contributed by atoms with Crippen LogP contribution < -0.4 is 25.4 Å². The van der Waals surface area contributed by atoms with Gasteiger partial charge in [0.1, 0.15) is 17.3 Å². The number of rotatable bonds is 5. The highest BCUT2D eigenvalue weighted by molar-refractivity contribution is 7.18. The van der Waals surface area contributed by atoms with E-state index < -0.39 is 6.10 Å². The van der Waals surface area contributed by atoms with Crippen LogP contribution in [0.1, 0.15) is 9.67 Å². The van der Waals surface area contributed by atoms with Gasteiger partial charge in [-0.3, -0.25) is 4.79 Å². The van der Waals surface area contributed by atoms with E-state index in [9.17, 15) is 4.79 Å². The molecule has 0 spiro atoms. The minimum absolute atomic E-state index is 0.143. The Morgan fingerprint density at radius 2 is 1.81 bits per heavy atom. The molecule has 2 aliphatic heterocycles. The number of nitrogens with two attached hydrogens (primary N) is 1. The van der Waals surface area contributed by atoms with Crippen molar-refractivity contribution in [3.63, 3.8) is 0 Å². The third-order valence-electron chi connectivity index (χ3n) is 5.67. The summed E-state index contributed by atoms with van der Waals surface area (Å²) in [6.45, 7) is 4.32. The first-order valence-electron chi connectivity index (χ1n) is 10.6. The van der Waals surface area contributed by atoms with Crippen molar-refractivity contribution in [2.75, 3.05) is 55.8 Å². The van der Waals surface area contributed by atoms with Gasteiger partial charge in [-0.15, -0.1) is 0 Å². The van der Waals surface area contributed by atoms with Crippen LogP contribution in [0.4, 0.5) is 22.3 Å². The Morgan fingerprint density at radius 3 is 2.56 bits per heavy atom. The first-order valence-corrected chi connectivity index (χ1v) is 11.4. The summed E-state index contributed by atoms with van der Waals surface area (Å²) in [7, 11) is 2.15. The zero-order valence-corrected chi connectivity index (χ0v) is 18.6. The van der Waals surface area contributed by atoms with E-state index in [1.54, 1.807) is 6.07 Å². The summed E-state index contributed by atoms with van der Waals surface area (Å²) in [5.74, 6) is 1.15. The van der Waals surface area contributed by atoms with Crippen LogP contribution in [-0.2, 0) is 0 Å². The van der Waals surface area contributed by atoms with Crippen LogP contribution in [0.2, 0.25) is 0 Å². The number of benzene rings is 2. The molecular formula is C23H25N5O3S. The van der Waals surface area contributed by atoms with Crippen molar-refractivity contribution < 1.29 is 14.3 Å². The maximum absolute atomic E-state index is 13.0. The number of carbonyl (C=O) groups excluding carboxylic acids is 1. The molecule has 5 rings (SSSR count). The zero-order valence-electron chi connectivity index (χ0n) is 17.8. The van der Waals surface area contributed by atoms with Crippen LogP contribution >= 0.6 is 11.3 Å². The number of nitrogens with one attached hydrogen (secondary N) is 1. The number of hydrogen-bond acceptors (Lipinski definition) is 9. The van der Waals surface area contributed by atoms with Gasteiger partial charge in [-0.1, -0.05) is 23.5 Å². The number of likely N-dealkylation sites (N-methyl/N-ethyl adjacent to an activating group) is 1. The number of ketones is 1. The SMILES string of the molecule is CN1CCN(c2ccc(Nc3nc(N)c(C(=O)C4COc5ccccc5O4)s3)cc2)CC1. The fourth-order valence-corrected chi connectivity index (χ4v) is 4.69. The summed E-state index contributed by atoms with van der Waals surface area (Å²) >= 11 is 1.22. The molecule has 0 aliphatic carbocycles. The standard InChI is InChI=1S/C23H25N5O3S/c1-27-10-12-28(13-11-27)16-8-6-15(7-9-16)25-23-26-22(24)21(32-23)20(29)19-14-30-17-4-2-3-5-18(17)31-19/h2-9,19H,10-14,24H2,1H3,(H,25,26). The Hall–Kier alpha value is -3.30. The summed E-state index contributed by atoms with van der Waals surface area (Å²) in [6, 6.07) is 15.5. The third kappa shape index (κ3) is 4.21. The van der Waals surface area contributed by atoms with E-state index in [1.807, 2.05) is 30.3 Å². The van der Waals surface area contributed by atoms with Gasteiger partial charge in [0.05, 0.1) is 0 Å². The first kappa shape index (κ1) is 20.6. The minimum Gasteiger partial charge on any atom is -0.485 e. The highest BCUT2D eigenvalue weighted by atomic mass is 32.1. The molecule has 8 nitrogen and oxygen atoms in total. The van der Waals surface area contributed by atoms with Crippen molar-refractivity contribution >= 4 is 39.4 Å². The second-order valence-electron chi connectivity index (χ2n) is 7.92. The summed E-state index contributed by atoms with van der Waals surface area (Å²) in [5, 5.41) is 3.82. The molecule has 3 N–H and O–H groups in total. The van der Waals surface area contributed by atoms with Crippen LogP contribution in [0.15, 0.2) is 48.5 Å². The lowest BCUT2D eigenvalue weighted by Gasteiger charge is -2.34. The van der Waals surface area contributed by atoms with Crippen molar-refractivity contribution in [2.24, 2.45) is 0 Å². The van der Waals surface area contributed by atoms with Gasteiger partial charge in [0.2, 0.25) is 5.78 Å². The van der Waals surface area contributed by atoms with E-state index in [4.69, 9.17) is 15.2 Å². The fraction of sp³-hybridized carbons (Fsp3) is 0.304. The van der Waals surface area contributed by atoms with Crippen LogP contribution in [0, 0.1) is 0 Å². The Morgan fingerprint density at radius 1 is 1.09 bits per heavy atom. The second kappa shape index (κ2) is 8.68. The van der Waals surface area contributed by atoms with Crippen molar-refractivity contribution in [1.82, 2.24) is 9.88 Å². The molecule has 0 radical (unpaired) electrons. The molecule has 0 amide bonds. The van der Waals surface area contributed by atoms with Gasteiger partial charge in [-0.2, -0.15) is 0 Å². The first-order chi connectivity index (χ1) is 15.6. The van der Waals surface area contributed by atoms with Crippen LogP contribution in [0.25, 0.3) is 0 Å². The summed E-state index contributed by atoms with van der Waals surface area (Å²) in [5.41, 5.74) is 8.15. The normalized spacial score (nSPS) is 18.4. The number of fused-ring (bicyclic) bond motifs is 1. The van der Waals surface area contributed by atoms with E-state index >= 15 is 0 Å². The summed E-state index contributed by atoms with van der Waals surface area (Å²) in [6.07, 6.45) is -0.747. The Labute approximate surface area is 190 Å².